The number of benzene rings is 4. The molecule has 0 radical (unpaired) electrons. The number of halogens is 2. The second kappa shape index (κ2) is 9.85. The molecule has 0 amide bonds. The van der Waals surface area contributed by atoms with Gasteiger partial charge in [-0.05, 0) is 73.7 Å². The van der Waals surface area contributed by atoms with Gasteiger partial charge in [-0.1, -0.05) is 76.9 Å². The van der Waals surface area contributed by atoms with Crippen LogP contribution in [0.3, 0.4) is 0 Å². The molecule has 1 heterocycles. The van der Waals surface area contributed by atoms with E-state index in [4.69, 9.17) is 9.27 Å². The minimum atomic E-state index is -2.61. The van der Waals surface area contributed by atoms with E-state index in [1.54, 1.807) is 0 Å². The topological polar surface area (TPSA) is 26.5 Å². The number of nitrogens with zero attached hydrogens (tertiary/aromatic N) is 2. The van der Waals surface area contributed by atoms with E-state index in [2.05, 4.69) is 119 Å². The summed E-state index contributed by atoms with van der Waals surface area (Å²) in [5.74, 6) is 0.810. The fourth-order valence-electron chi connectivity index (χ4n) is 4.72. The second-order valence-corrected chi connectivity index (χ2v) is 15.1. The van der Waals surface area contributed by atoms with Crippen LogP contribution in [0.4, 0.5) is 5.69 Å². The molecule has 0 unspecified atom stereocenters. The van der Waals surface area contributed by atoms with E-state index in [-0.39, 0.29) is 5.16 Å². The molecule has 0 aliphatic rings. The number of aromatic nitrogens is 1. The van der Waals surface area contributed by atoms with Crippen LogP contribution in [0.2, 0.25) is 0 Å². The van der Waals surface area contributed by atoms with Gasteiger partial charge < -0.3 is 9.09 Å². The van der Waals surface area contributed by atoms with Crippen LogP contribution in [0, 0.1) is 0 Å². The quantitative estimate of drug-likeness (QED) is 0.179. The van der Waals surface area contributed by atoms with Gasteiger partial charge in [0.1, 0.15) is 5.75 Å². The van der Waals surface area contributed by atoms with Crippen molar-refractivity contribution in [3.8, 4) is 5.75 Å². The summed E-state index contributed by atoms with van der Waals surface area (Å²) < 4.78 is 16.9. The van der Waals surface area contributed by atoms with Gasteiger partial charge in [-0.2, -0.15) is 0 Å². The third kappa shape index (κ3) is 4.58. The SMILES string of the molecule is CCn1c2ccccc2c2cc([P@](=Nc3ccc(Br)cc3)(Oc3cccc(Br)c3)C(C)(C)C)ccc21. The van der Waals surface area contributed by atoms with Gasteiger partial charge >= 0.3 is 0 Å². The average molecular weight is 624 g/mol. The highest BCUT2D eigenvalue weighted by molar-refractivity contribution is 9.10. The number of hydrogen-bond acceptors (Lipinski definition) is 2. The molecular weight excluding hydrogens is 595 g/mol. The molecule has 0 aliphatic heterocycles. The first-order valence-electron chi connectivity index (χ1n) is 12.1. The third-order valence-corrected chi connectivity index (χ3v) is 11.3. The van der Waals surface area contributed by atoms with E-state index in [9.17, 15) is 0 Å². The van der Waals surface area contributed by atoms with Crippen molar-refractivity contribution in [3.05, 3.63) is 99.9 Å². The van der Waals surface area contributed by atoms with Crippen LogP contribution < -0.4 is 9.83 Å². The third-order valence-electron chi connectivity index (χ3n) is 6.45. The Morgan fingerprint density at radius 2 is 1.50 bits per heavy atom. The lowest BCUT2D eigenvalue weighted by Crippen LogP contribution is -2.27. The number of fused-ring (bicyclic) bond motifs is 3. The van der Waals surface area contributed by atoms with Crippen LogP contribution in [-0.2, 0) is 6.54 Å². The molecule has 5 aromatic rings. The van der Waals surface area contributed by atoms with Crippen LogP contribution in [0.5, 0.6) is 5.75 Å². The van der Waals surface area contributed by atoms with E-state index >= 15 is 0 Å². The molecule has 0 bridgehead atoms. The molecule has 0 fully saturated rings. The lowest BCUT2D eigenvalue weighted by molar-refractivity contribution is 0.571. The Balaban J connectivity index is 1.84. The summed E-state index contributed by atoms with van der Waals surface area (Å²) in [4.78, 5) is 0. The first-order valence-corrected chi connectivity index (χ1v) is 15.3. The molecular formula is C30H29Br2N2OP. The highest BCUT2D eigenvalue weighted by Crippen LogP contribution is 2.62. The molecule has 4 aromatic carbocycles. The maximum atomic E-state index is 7.06. The van der Waals surface area contributed by atoms with Crippen LogP contribution in [0.15, 0.2) is 105 Å². The van der Waals surface area contributed by atoms with Crippen LogP contribution in [0.25, 0.3) is 21.8 Å². The van der Waals surface area contributed by atoms with Crippen molar-refractivity contribution in [1.29, 1.82) is 0 Å². The first-order chi connectivity index (χ1) is 17.2. The summed E-state index contributed by atoms with van der Waals surface area (Å²) in [6.07, 6.45) is 0. The van der Waals surface area contributed by atoms with Crippen molar-refractivity contribution in [3.63, 3.8) is 0 Å². The number of hydrogen-bond donors (Lipinski definition) is 0. The average Bonchev–Trinajstić information content (AvgIpc) is 3.17. The van der Waals surface area contributed by atoms with Gasteiger partial charge in [0.25, 0.3) is 0 Å². The molecule has 0 N–H and O–H groups in total. The van der Waals surface area contributed by atoms with Gasteiger partial charge in [-0.15, -0.1) is 0 Å². The Labute approximate surface area is 229 Å². The zero-order valence-electron chi connectivity index (χ0n) is 20.9. The largest absolute Gasteiger partial charge is 0.455 e. The first kappa shape index (κ1) is 25.3. The minimum absolute atomic E-state index is 0.265. The highest BCUT2D eigenvalue weighted by Gasteiger charge is 2.39. The predicted molar refractivity (Wildman–Crippen MR) is 162 cm³/mol. The highest BCUT2D eigenvalue weighted by atomic mass is 79.9. The van der Waals surface area contributed by atoms with Gasteiger partial charge in [-0.25, -0.2) is 4.74 Å². The van der Waals surface area contributed by atoms with Gasteiger partial charge in [0, 0.05) is 47.8 Å². The van der Waals surface area contributed by atoms with Crippen molar-refractivity contribution >= 4 is 71.9 Å². The van der Waals surface area contributed by atoms with Crippen molar-refractivity contribution in [2.45, 2.75) is 39.4 Å². The van der Waals surface area contributed by atoms with E-state index in [0.29, 0.717) is 0 Å². The summed E-state index contributed by atoms with van der Waals surface area (Å²) in [5, 5.41) is 3.36. The van der Waals surface area contributed by atoms with Crippen molar-refractivity contribution in [2.24, 2.45) is 4.74 Å². The van der Waals surface area contributed by atoms with E-state index in [0.717, 1.165) is 32.2 Å². The molecule has 5 rings (SSSR count). The Bertz CT molecular complexity index is 1610. The molecule has 3 nitrogen and oxygen atoms in total. The summed E-state index contributed by atoms with van der Waals surface area (Å²) >= 11 is 7.17. The predicted octanol–water partition coefficient (Wildman–Crippen LogP) is 10.3. The van der Waals surface area contributed by atoms with Crippen molar-refractivity contribution in [1.82, 2.24) is 4.57 Å². The van der Waals surface area contributed by atoms with Crippen molar-refractivity contribution < 1.29 is 4.52 Å². The molecule has 1 aromatic heterocycles. The minimum Gasteiger partial charge on any atom is -0.455 e. The fraction of sp³-hybridized carbons (Fsp3) is 0.200. The molecule has 0 aliphatic carbocycles. The normalized spacial score (nSPS) is 13.6. The lowest BCUT2D eigenvalue weighted by Gasteiger charge is -2.37. The summed E-state index contributed by atoms with van der Waals surface area (Å²) in [6, 6.07) is 31.7. The zero-order valence-corrected chi connectivity index (χ0v) is 24.9. The summed E-state index contributed by atoms with van der Waals surface area (Å²) in [6.45, 7) is 9.83. The Morgan fingerprint density at radius 3 is 2.19 bits per heavy atom. The maximum absolute atomic E-state index is 7.06. The summed E-state index contributed by atoms with van der Waals surface area (Å²) in [7, 11) is -2.61. The molecule has 184 valence electrons. The van der Waals surface area contributed by atoms with Gasteiger partial charge in [0.05, 0.1) is 5.69 Å². The Hall–Kier alpha value is -2.33. The monoisotopic (exact) mass is 622 g/mol. The van der Waals surface area contributed by atoms with Crippen LogP contribution in [-0.4, -0.2) is 9.72 Å². The second-order valence-electron chi connectivity index (χ2n) is 9.83. The van der Waals surface area contributed by atoms with E-state index in [1.165, 1.54) is 21.8 Å². The smallest absolute Gasteiger partial charge is 0.173 e. The Kier molecular flexibility index (Phi) is 6.93. The number of para-hydroxylation sites is 1. The molecule has 0 saturated carbocycles. The molecule has 0 spiro atoms. The Morgan fingerprint density at radius 1 is 0.778 bits per heavy atom. The van der Waals surface area contributed by atoms with Crippen LogP contribution >= 0.6 is 39.1 Å². The van der Waals surface area contributed by atoms with Crippen LogP contribution in [0.1, 0.15) is 27.7 Å². The molecule has 6 heteroatoms. The van der Waals surface area contributed by atoms with E-state index in [1.807, 2.05) is 36.4 Å². The molecule has 36 heavy (non-hydrogen) atoms. The maximum Gasteiger partial charge on any atom is 0.173 e. The molecule has 1 atom stereocenters. The lowest BCUT2D eigenvalue weighted by atomic mass is 10.1. The van der Waals surface area contributed by atoms with E-state index < -0.39 is 7.28 Å². The zero-order chi connectivity index (χ0) is 25.5. The fourth-order valence-corrected chi connectivity index (χ4v) is 8.43. The van der Waals surface area contributed by atoms with Gasteiger partial charge in [0.2, 0.25) is 0 Å². The summed E-state index contributed by atoms with van der Waals surface area (Å²) in [5.41, 5.74) is 3.40. The molecule has 0 saturated heterocycles. The number of rotatable bonds is 5. The standard InChI is InChI=1S/C30H29Br2N2OP/c1-5-34-28-12-7-6-11-26(28)27-20-25(17-18-29(27)34)36(30(2,3)4,33-23-15-13-21(31)14-16-23)35-24-10-8-9-22(32)19-24/h6-20H,5H2,1-4H3/t36-/m0/s1. The van der Waals surface area contributed by atoms with Gasteiger partial charge in [0.15, 0.2) is 7.28 Å². The van der Waals surface area contributed by atoms with Gasteiger partial charge in [-0.3, -0.25) is 0 Å². The van der Waals surface area contributed by atoms with Crippen molar-refractivity contribution in [2.75, 3.05) is 0 Å². The number of aryl methyl sites for hydroxylation is 1.